The van der Waals surface area contributed by atoms with Crippen molar-refractivity contribution in [1.82, 2.24) is 0 Å². The van der Waals surface area contributed by atoms with Gasteiger partial charge in [-0.05, 0) is 33.9 Å². The van der Waals surface area contributed by atoms with Gasteiger partial charge in [0.15, 0.2) is 0 Å². The third kappa shape index (κ3) is 5.59. The van der Waals surface area contributed by atoms with Gasteiger partial charge in [-0.3, -0.25) is 0 Å². The Morgan fingerprint density at radius 2 is 2.00 bits per heavy atom. The molecule has 0 heterocycles. The van der Waals surface area contributed by atoms with Crippen molar-refractivity contribution in [2.24, 2.45) is 10.7 Å². The lowest BCUT2D eigenvalue weighted by atomic mass is 10.2. The minimum absolute atomic E-state index is 0.0433. The highest BCUT2D eigenvalue weighted by Gasteiger charge is 2.16. The molecular formula is C9H15ClN2O2. The van der Waals surface area contributed by atoms with Gasteiger partial charge in [-0.25, -0.2) is 4.79 Å². The number of nitrogens with zero attached hydrogens (tertiary/aromatic N) is 1. The maximum absolute atomic E-state index is 11.1. The van der Waals surface area contributed by atoms with E-state index in [2.05, 4.69) is 4.99 Å². The van der Waals surface area contributed by atoms with Crippen LogP contribution >= 0.6 is 11.6 Å². The second-order valence-corrected chi connectivity index (χ2v) is 4.09. The first-order chi connectivity index (χ1) is 6.26. The van der Waals surface area contributed by atoms with E-state index in [1.165, 1.54) is 6.20 Å². The summed E-state index contributed by atoms with van der Waals surface area (Å²) in [5.41, 5.74) is 5.15. The number of carbonyl (C=O) groups excluding carboxylic acids is 1. The summed E-state index contributed by atoms with van der Waals surface area (Å²) < 4.78 is 4.92. The summed E-state index contributed by atoms with van der Waals surface area (Å²) in [5.74, 6) is 0. The van der Waals surface area contributed by atoms with Gasteiger partial charge < -0.3 is 10.5 Å². The zero-order valence-corrected chi connectivity index (χ0v) is 9.55. The van der Waals surface area contributed by atoms with Crippen LogP contribution in [0.2, 0.25) is 0 Å². The van der Waals surface area contributed by atoms with Gasteiger partial charge in [-0.2, -0.15) is 4.99 Å². The zero-order chi connectivity index (χ0) is 11.4. The van der Waals surface area contributed by atoms with Crippen molar-refractivity contribution >= 4 is 22.9 Å². The summed E-state index contributed by atoms with van der Waals surface area (Å²) in [5, 5.41) is 0.0433. The predicted octanol–water partition coefficient (Wildman–Crippen LogP) is 2.42. The van der Waals surface area contributed by atoms with Crippen molar-refractivity contribution in [3.8, 4) is 0 Å². The van der Waals surface area contributed by atoms with Crippen LogP contribution in [0.5, 0.6) is 0 Å². The largest absolute Gasteiger partial charge is 0.442 e. The number of halogens is 1. The van der Waals surface area contributed by atoms with Crippen LogP contribution in [-0.2, 0) is 4.74 Å². The molecule has 0 atom stereocenters. The van der Waals surface area contributed by atoms with Gasteiger partial charge in [0.25, 0.3) is 0 Å². The molecule has 0 aliphatic heterocycles. The second-order valence-electron chi connectivity index (χ2n) is 3.73. The fourth-order valence-corrected chi connectivity index (χ4v) is 0.654. The minimum atomic E-state index is -0.719. The molecule has 0 aliphatic carbocycles. The Labute approximate surface area is 88.8 Å². The Balaban J connectivity index is 4.46. The van der Waals surface area contributed by atoms with E-state index in [1.807, 2.05) is 0 Å². The normalized spacial score (nSPS) is 14.1. The molecule has 0 rings (SSSR count). The number of aliphatic imine (C=N–C) groups is 1. The van der Waals surface area contributed by atoms with E-state index in [9.17, 15) is 4.79 Å². The van der Waals surface area contributed by atoms with Gasteiger partial charge in [0.1, 0.15) is 10.8 Å². The van der Waals surface area contributed by atoms with E-state index in [4.69, 9.17) is 22.1 Å². The highest BCUT2D eigenvalue weighted by molar-refractivity contribution is 6.70. The van der Waals surface area contributed by atoms with Crippen LogP contribution in [0.4, 0.5) is 4.79 Å². The molecule has 14 heavy (non-hydrogen) atoms. The minimum Gasteiger partial charge on any atom is -0.442 e. The summed E-state index contributed by atoms with van der Waals surface area (Å²) in [6.07, 6.45) is 0.555. The highest BCUT2D eigenvalue weighted by Crippen LogP contribution is 2.09. The molecule has 0 spiro atoms. The molecule has 0 aromatic heterocycles. The monoisotopic (exact) mass is 218 g/mol. The van der Waals surface area contributed by atoms with Crippen molar-refractivity contribution in [3.05, 3.63) is 11.8 Å². The molecule has 0 aliphatic rings. The lowest BCUT2D eigenvalue weighted by Gasteiger charge is -2.17. The number of hydrogen-bond donors (Lipinski definition) is 1. The molecule has 5 heteroatoms. The Hall–Kier alpha value is -1.03. The van der Waals surface area contributed by atoms with Crippen LogP contribution in [0.15, 0.2) is 16.8 Å². The van der Waals surface area contributed by atoms with Gasteiger partial charge in [0.2, 0.25) is 0 Å². The van der Waals surface area contributed by atoms with Crippen LogP contribution in [-0.4, -0.2) is 16.9 Å². The van der Waals surface area contributed by atoms with Gasteiger partial charge in [-0.1, -0.05) is 11.6 Å². The average molecular weight is 219 g/mol. The van der Waals surface area contributed by atoms with Crippen LogP contribution < -0.4 is 5.73 Å². The van der Waals surface area contributed by atoms with Gasteiger partial charge >= 0.3 is 6.09 Å². The lowest BCUT2D eigenvalue weighted by molar-refractivity contribution is 0.0605. The topological polar surface area (TPSA) is 64.7 Å². The molecule has 0 radical (unpaired) electrons. The molecule has 0 saturated carbocycles. The highest BCUT2D eigenvalue weighted by atomic mass is 35.5. The standard InChI is InChI=1S/C9H15ClN2O2/c1-6(5-11)7(10)12-8(13)14-9(2,3)4/h5H,11H2,1-4H3/b6-5-,12-7-. The summed E-state index contributed by atoms with van der Waals surface area (Å²) >= 11 is 5.66. The maximum Gasteiger partial charge on any atom is 0.435 e. The van der Waals surface area contributed by atoms with Crippen molar-refractivity contribution in [1.29, 1.82) is 0 Å². The van der Waals surface area contributed by atoms with Crippen LogP contribution in [0, 0.1) is 0 Å². The smallest absolute Gasteiger partial charge is 0.435 e. The van der Waals surface area contributed by atoms with Crippen LogP contribution in [0.25, 0.3) is 0 Å². The fraction of sp³-hybridized carbons (Fsp3) is 0.556. The lowest BCUT2D eigenvalue weighted by Crippen LogP contribution is -2.22. The molecule has 0 aromatic carbocycles. The Kier molecular flexibility index (Phi) is 4.63. The molecular weight excluding hydrogens is 204 g/mol. The summed E-state index contributed by atoms with van der Waals surface area (Å²) in [6.45, 7) is 6.90. The summed E-state index contributed by atoms with van der Waals surface area (Å²) in [6, 6.07) is 0. The van der Waals surface area contributed by atoms with Crippen molar-refractivity contribution in [2.45, 2.75) is 33.3 Å². The number of hydrogen-bond acceptors (Lipinski definition) is 3. The Morgan fingerprint density at radius 1 is 1.50 bits per heavy atom. The number of nitrogens with two attached hydrogens (primary N) is 1. The predicted molar refractivity (Wildman–Crippen MR) is 57.5 cm³/mol. The first-order valence-corrected chi connectivity index (χ1v) is 4.50. The molecule has 0 fully saturated rings. The van der Waals surface area contributed by atoms with E-state index in [1.54, 1.807) is 27.7 Å². The maximum atomic E-state index is 11.1. The molecule has 0 saturated heterocycles. The van der Waals surface area contributed by atoms with Crippen molar-refractivity contribution in [3.63, 3.8) is 0 Å². The fourth-order valence-electron chi connectivity index (χ4n) is 0.522. The van der Waals surface area contributed by atoms with E-state index < -0.39 is 11.7 Å². The van der Waals surface area contributed by atoms with Crippen molar-refractivity contribution in [2.75, 3.05) is 0 Å². The van der Waals surface area contributed by atoms with E-state index in [0.29, 0.717) is 5.57 Å². The van der Waals surface area contributed by atoms with Gasteiger partial charge in [0, 0.05) is 5.57 Å². The first-order valence-electron chi connectivity index (χ1n) is 4.12. The van der Waals surface area contributed by atoms with E-state index in [0.717, 1.165) is 0 Å². The zero-order valence-electron chi connectivity index (χ0n) is 8.80. The van der Waals surface area contributed by atoms with Crippen LogP contribution in [0.3, 0.4) is 0 Å². The quantitative estimate of drug-likeness (QED) is 0.688. The first kappa shape index (κ1) is 13.0. The third-order valence-electron chi connectivity index (χ3n) is 1.16. The molecule has 0 unspecified atom stereocenters. The number of rotatable bonds is 1. The molecule has 80 valence electrons. The second kappa shape index (κ2) is 5.00. The van der Waals surface area contributed by atoms with Gasteiger partial charge in [0.05, 0.1) is 0 Å². The Bertz CT molecular complexity index is 277. The SMILES string of the molecule is CC(=C/N)/C(Cl)=N/C(=O)OC(C)(C)C. The number of ether oxygens (including phenoxy) is 1. The van der Waals surface area contributed by atoms with Crippen LogP contribution in [0.1, 0.15) is 27.7 Å². The van der Waals surface area contributed by atoms with Crippen molar-refractivity contribution < 1.29 is 9.53 Å². The van der Waals surface area contributed by atoms with E-state index >= 15 is 0 Å². The Morgan fingerprint density at radius 3 is 2.36 bits per heavy atom. The third-order valence-corrected chi connectivity index (χ3v) is 1.54. The average Bonchev–Trinajstić information content (AvgIpc) is 1.99. The summed E-state index contributed by atoms with van der Waals surface area (Å²) in [4.78, 5) is 14.6. The number of allylic oxidation sites excluding steroid dienone is 1. The molecule has 0 aromatic rings. The summed E-state index contributed by atoms with van der Waals surface area (Å²) in [7, 11) is 0. The van der Waals surface area contributed by atoms with E-state index in [-0.39, 0.29) is 5.17 Å². The molecule has 0 bridgehead atoms. The number of amides is 1. The number of carbonyl (C=O) groups is 1. The molecule has 2 N–H and O–H groups in total. The molecule has 4 nitrogen and oxygen atoms in total. The van der Waals surface area contributed by atoms with Gasteiger partial charge in [-0.15, -0.1) is 0 Å². The molecule has 1 amide bonds.